The molecule has 168 valence electrons. The molecule has 0 spiro atoms. The zero-order chi connectivity index (χ0) is 22.6. The van der Waals surface area contributed by atoms with Crippen molar-refractivity contribution in [2.75, 3.05) is 5.32 Å². The summed E-state index contributed by atoms with van der Waals surface area (Å²) in [7, 11) is 0. The number of imidazole rings is 1. The Bertz CT molecular complexity index is 1210. The van der Waals surface area contributed by atoms with Gasteiger partial charge in [-0.1, -0.05) is 11.6 Å². The quantitative estimate of drug-likeness (QED) is 0.300. The smallest absolute Gasteiger partial charge is 0.265 e. The third-order valence-corrected chi connectivity index (χ3v) is 5.48. The molecule has 0 saturated carbocycles. The van der Waals surface area contributed by atoms with E-state index in [1.807, 2.05) is 0 Å². The highest BCUT2D eigenvalue weighted by molar-refractivity contribution is 6.30. The van der Waals surface area contributed by atoms with Gasteiger partial charge in [-0.15, -0.1) is 0 Å². The minimum Gasteiger partial charge on any atom is -0.341 e. The summed E-state index contributed by atoms with van der Waals surface area (Å²) in [5.74, 6) is 3.59. The highest BCUT2D eigenvalue weighted by Crippen LogP contribution is 2.44. The monoisotopic (exact) mass is 463 g/mol. The molecule has 4 N–H and O–H groups in total. The van der Waals surface area contributed by atoms with Gasteiger partial charge in [0.1, 0.15) is 24.4 Å². The van der Waals surface area contributed by atoms with Crippen LogP contribution in [0.15, 0.2) is 30.9 Å². The molecular weight excluding hydrogens is 445 g/mol. The van der Waals surface area contributed by atoms with Gasteiger partial charge >= 0.3 is 0 Å². The summed E-state index contributed by atoms with van der Waals surface area (Å²) >= 11 is 5.82. The van der Waals surface area contributed by atoms with Crippen molar-refractivity contribution >= 4 is 40.2 Å². The van der Waals surface area contributed by atoms with Crippen molar-refractivity contribution in [1.82, 2.24) is 24.9 Å². The third-order valence-electron chi connectivity index (χ3n) is 5.25. The lowest BCUT2D eigenvalue weighted by atomic mass is 10.1. The van der Waals surface area contributed by atoms with Gasteiger partial charge in [0.05, 0.1) is 12.0 Å². The largest absolute Gasteiger partial charge is 0.341 e. The van der Waals surface area contributed by atoms with Gasteiger partial charge in [0, 0.05) is 5.02 Å². The van der Waals surface area contributed by atoms with Crippen LogP contribution in [0.25, 0.3) is 11.2 Å². The molecule has 32 heavy (non-hydrogen) atoms. The lowest BCUT2D eigenvalue weighted by Crippen LogP contribution is -2.45. The van der Waals surface area contributed by atoms with E-state index in [2.05, 4.69) is 25.7 Å². The molecule has 2 saturated heterocycles. The fourth-order valence-corrected chi connectivity index (χ4v) is 4.10. The number of benzene rings is 1. The molecule has 0 radical (unpaired) electrons. The Balaban J connectivity index is 1.51. The van der Waals surface area contributed by atoms with Crippen molar-refractivity contribution in [3.05, 3.63) is 41.7 Å². The predicted molar refractivity (Wildman–Crippen MR) is 110 cm³/mol. The third kappa shape index (κ3) is 3.45. The zero-order valence-electron chi connectivity index (χ0n) is 17.0. The molecule has 2 aliphatic heterocycles. The average Bonchev–Trinajstić information content (AvgIpc) is 3.40. The summed E-state index contributed by atoms with van der Waals surface area (Å²) in [5.41, 5.74) is 3.03. The van der Waals surface area contributed by atoms with Gasteiger partial charge in [-0.2, -0.15) is 0 Å². The lowest BCUT2D eigenvalue weighted by molar-refractivity contribution is -0.197. The van der Waals surface area contributed by atoms with Gasteiger partial charge in [-0.05, 0) is 32.0 Å². The second kappa shape index (κ2) is 7.60. The number of carbonyl (C=O) groups is 1. The Labute approximate surface area is 186 Å². The number of ether oxygens (including phenoxy) is 3. The molecule has 1 amide bonds. The molecule has 5 rings (SSSR count). The maximum Gasteiger partial charge on any atom is 0.265 e. The fraction of sp³-hybridized carbons (Fsp3) is 0.368. The minimum absolute atomic E-state index is 0.176. The number of fused-ring (bicyclic) bond motifs is 2. The average molecular weight is 464 g/mol. The number of nitrogens with two attached hydrogens (primary N) is 1. The number of aromatic nitrogens is 4. The summed E-state index contributed by atoms with van der Waals surface area (Å²) in [6, 6.07) is 4.24. The molecule has 4 heterocycles. The number of hydrazine groups is 1. The summed E-state index contributed by atoms with van der Waals surface area (Å²) in [6.07, 6.45) is -0.269. The molecule has 2 aliphatic rings. The normalized spacial score (nSPS) is 26.3. The Morgan fingerprint density at radius 1 is 1.25 bits per heavy atom. The minimum atomic E-state index is -0.989. The summed E-state index contributed by atoms with van der Waals surface area (Å²) in [6.45, 7) is 3.49. The molecule has 2 aromatic heterocycles. The van der Waals surface area contributed by atoms with E-state index in [4.69, 9.17) is 31.7 Å². The van der Waals surface area contributed by atoms with Crippen LogP contribution in [0, 0.1) is 5.82 Å². The van der Waals surface area contributed by atoms with Gasteiger partial charge in [0.25, 0.3) is 5.91 Å². The number of carbonyl (C=O) groups excluding carboxylic acids is 1. The number of hydrogen-bond acceptors (Lipinski definition) is 9. The standard InChI is InChI=1S/C19H19ClFN7O4/c1-19(2)31-12-13(17(29)27-22)30-18(14(12)32-19)28-7-25-11-15(23-6-24-16(11)28)26-10-4-3-8(20)5-9(10)21/h3-7,12-14,18H,22H2,1-2H3,(H,27,29)(H,23,24,26)/t12-,13-,14+,18+/m0/s1. The Kier molecular flexibility index (Phi) is 4.98. The Hall–Kier alpha value is -2.90. The molecule has 1 aromatic carbocycles. The number of anilines is 2. The maximum atomic E-state index is 14.2. The molecule has 11 nitrogen and oxygen atoms in total. The van der Waals surface area contributed by atoms with E-state index in [9.17, 15) is 9.18 Å². The first-order chi connectivity index (χ1) is 15.3. The first-order valence-electron chi connectivity index (χ1n) is 9.68. The van der Waals surface area contributed by atoms with E-state index in [-0.39, 0.29) is 16.5 Å². The molecular formula is C19H19ClFN7O4. The van der Waals surface area contributed by atoms with E-state index in [1.165, 1.54) is 24.8 Å². The highest BCUT2D eigenvalue weighted by atomic mass is 35.5. The molecule has 3 aromatic rings. The van der Waals surface area contributed by atoms with Gasteiger partial charge in [0.15, 0.2) is 35.1 Å². The Morgan fingerprint density at radius 2 is 2.03 bits per heavy atom. The van der Waals surface area contributed by atoms with E-state index in [0.29, 0.717) is 11.2 Å². The van der Waals surface area contributed by atoms with Crippen molar-refractivity contribution in [2.45, 2.75) is 44.2 Å². The van der Waals surface area contributed by atoms with E-state index < -0.39 is 42.1 Å². The number of nitrogens with one attached hydrogen (secondary N) is 2. The van der Waals surface area contributed by atoms with Crippen molar-refractivity contribution in [3.8, 4) is 0 Å². The van der Waals surface area contributed by atoms with Crippen LogP contribution in [-0.2, 0) is 19.0 Å². The van der Waals surface area contributed by atoms with Crippen LogP contribution in [-0.4, -0.2) is 49.5 Å². The highest BCUT2D eigenvalue weighted by Gasteiger charge is 2.58. The van der Waals surface area contributed by atoms with E-state index in [0.717, 1.165) is 0 Å². The topological polar surface area (TPSA) is 138 Å². The molecule has 2 fully saturated rings. The summed E-state index contributed by atoms with van der Waals surface area (Å²) in [4.78, 5) is 25.1. The van der Waals surface area contributed by atoms with Crippen LogP contribution >= 0.6 is 11.6 Å². The van der Waals surface area contributed by atoms with Crippen molar-refractivity contribution in [3.63, 3.8) is 0 Å². The molecule has 0 aliphatic carbocycles. The van der Waals surface area contributed by atoms with Crippen LogP contribution in [0.4, 0.5) is 15.9 Å². The van der Waals surface area contributed by atoms with Gasteiger partial charge in [0.2, 0.25) is 0 Å². The van der Waals surface area contributed by atoms with Gasteiger partial charge in [-0.3, -0.25) is 14.8 Å². The number of nitrogens with zero attached hydrogens (tertiary/aromatic N) is 4. The summed E-state index contributed by atoms with van der Waals surface area (Å²) < 4.78 is 33.7. The van der Waals surface area contributed by atoms with Crippen molar-refractivity contribution in [2.24, 2.45) is 5.84 Å². The molecule has 4 atom stereocenters. The zero-order valence-corrected chi connectivity index (χ0v) is 17.7. The Morgan fingerprint density at radius 3 is 2.78 bits per heavy atom. The second-order valence-electron chi connectivity index (χ2n) is 7.82. The number of halogens is 2. The number of rotatable bonds is 4. The number of amides is 1. The SMILES string of the molecule is CC1(C)O[C@@H]2[C@@H](O1)[C@H](n1cnc3c(Nc4ccc(Cl)cc4F)ncnc31)O[C@@H]2C(=O)NN. The van der Waals surface area contributed by atoms with Crippen LogP contribution in [0.3, 0.4) is 0 Å². The second-order valence-corrected chi connectivity index (χ2v) is 8.25. The van der Waals surface area contributed by atoms with E-state index >= 15 is 0 Å². The molecule has 0 bridgehead atoms. The number of hydrogen-bond donors (Lipinski definition) is 3. The van der Waals surface area contributed by atoms with Crippen molar-refractivity contribution < 1.29 is 23.4 Å². The maximum absolute atomic E-state index is 14.2. The van der Waals surface area contributed by atoms with E-state index in [1.54, 1.807) is 24.5 Å². The summed E-state index contributed by atoms with van der Waals surface area (Å²) in [5, 5.41) is 3.18. The molecule has 13 heteroatoms. The van der Waals surface area contributed by atoms with Gasteiger partial charge < -0.3 is 19.5 Å². The predicted octanol–water partition coefficient (Wildman–Crippen LogP) is 1.77. The van der Waals surface area contributed by atoms with Crippen LogP contribution in [0.2, 0.25) is 5.02 Å². The molecule has 0 unspecified atom stereocenters. The van der Waals surface area contributed by atoms with Crippen LogP contribution in [0.5, 0.6) is 0 Å². The lowest BCUT2D eigenvalue weighted by Gasteiger charge is -2.24. The van der Waals surface area contributed by atoms with Crippen LogP contribution in [0.1, 0.15) is 20.1 Å². The fourth-order valence-electron chi connectivity index (χ4n) is 3.94. The van der Waals surface area contributed by atoms with Gasteiger partial charge in [-0.25, -0.2) is 25.2 Å². The van der Waals surface area contributed by atoms with Crippen LogP contribution < -0.4 is 16.6 Å². The van der Waals surface area contributed by atoms with Crippen molar-refractivity contribution in [1.29, 1.82) is 0 Å². The first kappa shape index (κ1) is 21.0. The first-order valence-corrected chi connectivity index (χ1v) is 10.1.